The number of amides is 2. The lowest BCUT2D eigenvalue weighted by atomic mass is 10.1. The van der Waals surface area contributed by atoms with Gasteiger partial charge in [-0.3, -0.25) is 9.59 Å². The summed E-state index contributed by atoms with van der Waals surface area (Å²) in [4.78, 5) is 26.1. The Kier molecular flexibility index (Phi) is 7.07. The number of likely N-dealkylation sites (tertiary alicyclic amines) is 1. The van der Waals surface area contributed by atoms with Crippen molar-refractivity contribution < 1.29 is 14.3 Å². The molecule has 1 fully saturated rings. The van der Waals surface area contributed by atoms with Gasteiger partial charge in [0.15, 0.2) is 0 Å². The van der Waals surface area contributed by atoms with Crippen LogP contribution in [-0.2, 0) is 9.53 Å². The Bertz CT molecular complexity index is 525. The van der Waals surface area contributed by atoms with Crippen molar-refractivity contribution in [2.45, 2.75) is 39.0 Å². The van der Waals surface area contributed by atoms with Crippen LogP contribution >= 0.6 is 0 Å². The molecule has 1 saturated heterocycles. The van der Waals surface area contributed by atoms with Crippen molar-refractivity contribution >= 4 is 17.5 Å². The van der Waals surface area contributed by atoms with E-state index in [1.807, 2.05) is 4.90 Å². The van der Waals surface area contributed by atoms with Gasteiger partial charge < -0.3 is 15.0 Å². The lowest BCUT2D eigenvalue weighted by Gasteiger charge is -2.15. The van der Waals surface area contributed by atoms with Crippen LogP contribution in [0.2, 0.25) is 0 Å². The summed E-state index contributed by atoms with van der Waals surface area (Å²) in [7, 11) is 0. The maximum absolute atomic E-state index is 12.3. The Balaban J connectivity index is 1.82. The third-order valence-electron chi connectivity index (χ3n) is 3.91. The molecular formula is C18H26N2O3. The molecule has 0 spiro atoms. The number of ether oxygens (including phenoxy) is 1. The number of unbranched alkanes of at least 4 members (excludes halogenated alkanes) is 2. The highest BCUT2D eigenvalue weighted by molar-refractivity contribution is 5.97. The largest absolute Gasteiger partial charge is 0.372 e. The second-order valence-corrected chi connectivity index (χ2v) is 5.89. The molecule has 5 nitrogen and oxygen atoms in total. The van der Waals surface area contributed by atoms with Gasteiger partial charge in [0.25, 0.3) is 5.91 Å². The maximum atomic E-state index is 12.3. The minimum absolute atomic E-state index is 0.0365. The number of hydrogen-bond donors (Lipinski definition) is 1. The number of benzene rings is 1. The van der Waals surface area contributed by atoms with E-state index in [2.05, 4.69) is 12.2 Å². The van der Waals surface area contributed by atoms with Crippen LogP contribution in [0.1, 0.15) is 49.4 Å². The molecule has 2 rings (SSSR count). The van der Waals surface area contributed by atoms with Gasteiger partial charge in [0.05, 0.1) is 0 Å². The molecule has 5 heteroatoms. The molecule has 1 aliphatic heterocycles. The van der Waals surface area contributed by atoms with E-state index in [4.69, 9.17) is 4.74 Å². The first-order chi connectivity index (χ1) is 11.2. The zero-order chi connectivity index (χ0) is 16.5. The molecule has 0 radical (unpaired) electrons. The summed E-state index contributed by atoms with van der Waals surface area (Å²) in [6.45, 7) is 4.42. The molecule has 1 aliphatic rings. The highest BCUT2D eigenvalue weighted by Gasteiger charge is 2.19. The van der Waals surface area contributed by atoms with Crippen LogP contribution in [0.15, 0.2) is 24.3 Å². The van der Waals surface area contributed by atoms with Crippen LogP contribution in [0.4, 0.5) is 5.69 Å². The van der Waals surface area contributed by atoms with Crippen molar-refractivity contribution in [1.82, 2.24) is 4.90 Å². The molecule has 1 aromatic rings. The van der Waals surface area contributed by atoms with Crippen LogP contribution in [-0.4, -0.2) is 43.0 Å². The highest BCUT2D eigenvalue weighted by atomic mass is 16.5. The molecular weight excluding hydrogens is 292 g/mol. The average Bonchev–Trinajstić information content (AvgIpc) is 3.08. The van der Waals surface area contributed by atoms with Gasteiger partial charge in [-0.15, -0.1) is 0 Å². The molecule has 0 saturated carbocycles. The number of nitrogens with one attached hydrogen (secondary N) is 1. The van der Waals surface area contributed by atoms with Gasteiger partial charge in [-0.2, -0.15) is 0 Å². The van der Waals surface area contributed by atoms with Gasteiger partial charge in [-0.1, -0.05) is 25.8 Å². The van der Waals surface area contributed by atoms with E-state index in [1.54, 1.807) is 24.3 Å². The first-order valence-electron chi connectivity index (χ1n) is 8.47. The summed E-state index contributed by atoms with van der Waals surface area (Å²) < 4.78 is 5.34. The van der Waals surface area contributed by atoms with E-state index in [9.17, 15) is 9.59 Å². The van der Waals surface area contributed by atoms with Crippen molar-refractivity contribution in [3.8, 4) is 0 Å². The van der Waals surface area contributed by atoms with Crippen LogP contribution in [0.25, 0.3) is 0 Å². The first kappa shape index (κ1) is 17.5. The van der Waals surface area contributed by atoms with Crippen LogP contribution in [0.3, 0.4) is 0 Å². The summed E-state index contributed by atoms with van der Waals surface area (Å²) >= 11 is 0. The van der Waals surface area contributed by atoms with Crippen molar-refractivity contribution in [2.24, 2.45) is 0 Å². The molecule has 0 unspecified atom stereocenters. The zero-order valence-corrected chi connectivity index (χ0v) is 13.8. The zero-order valence-electron chi connectivity index (χ0n) is 13.8. The van der Waals surface area contributed by atoms with Gasteiger partial charge in [0.1, 0.15) is 6.61 Å². The van der Waals surface area contributed by atoms with E-state index in [0.29, 0.717) is 17.9 Å². The highest BCUT2D eigenvalue weighted by Crippen LogP contribution is 2.16. The van der Waals surface area contributed by atoms with E-state index in [-0.39, 0.29) is 18.4 Å². The van der Waals surface area contributed by atoms with Gasteiger partial charge in [0.2, 0.25) is 5.91 Å². The molecule has 0 aromatic heterocycles. The Morgan fingerprint density at radius 3 is 2.74 bits per heavy atom. The van der Waals surface area contributed by atoms with E-state index < -0.39 is 0 Å². The van der Waals surface area contributed by atoms with Crippen LogP contribution in [0.5, 0.6) is 0 Å². The van der Waals surface area contributed by atoms with Crippen LogP contribution in [0, 0.1) is 0 Å². The summed E-state index contributed by atoms with van der Waals surface area (Å²) in [5.74, 6) is -0.151. The SMILES string of the molecule is CCCCCOCC(=O)Nc1cccc(C(=O)N2CCCC2)c1. The fourth-order valence-corrected chi connectivity index (χ4v) is 2.65. The van der Waals surface area contributed by atoms with Crippen molar-refractivity contribution in [1.29, 1.82) is 0 Å². The van der Waals surface area contributed by atoms with E-state index >= 15 is 0 Å². The average molecular weight is 318 g/mol. The third kappa shape index (κ3) is 5.67. The summed E-state index contributed by atoms with van der Waals surface area (Å²) in [5.41, 5.74) is 1.26. The maximum Gasteiger partial charge on any atom is 0.253 e. The minimum Gasteiger partial charge on any atom is -0.372 e. The van der Waals surface area contributed by atoms with Gasteiger partial charge in [-0.25, -0.2) is 0 Å². The molecule has 1 aromatic carbocycles. The first-order valence-corrected chi connectivity index (χ1v) is 8.47. The second kappa shape index (κ2) is 9.30. The second-order valence-electron chi connectivity index (χ2n) is 5.89. The molecule has 1 N–H and O–H groups in total. The number of carbonyl (C=O) groups is 2. The van der Waals surface area contributed by atoms with Crippen molar-refractivity contribution in [2.75, 3.05) is 31.6 Å². The summed E-state index contributed by atoms with van der Waals surface area (Å²) in [6.07, 6.45) is 5.36. The molecule has 2 amide bonds. The number of anilines is 1. The third-order valence-corrected chi connectivity index (χ3v) is 3.91. The van der Waals surface area contributed by atoms with Crippen molar-refractivity contribution in [3.05, 3.63) is 29.8 Å². The Morgan fingerprint density at radius 1 is 1.22 bits per heavy atom. The number of carbonyl (C=O) groups excluding carboxylic acids is 2. The summed E-state index contributed by atoms with van der Waals surface area (Å²) in [6, 6.07) is 7.10. The quantitative estimate of drug-likeness (QED) is 0.749. The van der Waals surface area contributed by atoms with Crippen molar-refractivity contribution in [3.63, 3.8) is 0 Å². The predicted octanol–water partition coefficient (Wildman–Crippen LogP) is 3.07. The lowest BCUT2D eigenvalue weighted by molar-refractivity contribution is -0.120. The minimum atomic E-state index is -0.188. The Labute approximate surface area is 138 Å². The van der Waals surface area contributed by atoms with E-state index in [0.717, 1.165) is 45.2 Å². The molecule has 1 heterocycles. The number of rotatable bonds is 8. The Hall–Kier alpha value is -1.88. The Morgan fingerprint density at radius 2 is 2.00 bits per heavy atom. The van der Waals surface area contributed by atoms with E-state index in [1.165, 1.54) is 0 Å². The van der Waals surface area contributed by atoms with Gasteiger partial charge in [0, 0.05) is 30.9 Å². The number of hydrogen-bond acceptors (Lipinski definition) is 3. The molecule has 0 atom stereocenters. The van der Waals surface area contributed by atoms with Gasteiger partial charge >= 0.3 is 0 Å². The molecule has 126 valence electrons. The van der Waals surface area contributed by atoms with Gasteiger partial charge in [-0.05, 0) is 37.5 Å². The lowest BCUT2D eigenvalue weighted by Crippen LogP contribution is -2.27. The van der Waals surface area contributed by atoms with Crippen LogP contribution < -0.4 is 5.32 Å². The fourth-order valence-electron chi connectivity index (χ4n) is 2.65. The summed E-state index contributed by atoms with van der Waals surface area (Å²) in [5, 5.41) is 2.78. The normalized spacial score (nSPS) is 14.0. The fraction of sp³-hybridized carbons (Fsp3) is 0.556. The molecule has 0 bridgehead atoms. The molecule has 23 heavy (non-hydrogen) atoms. The monoisotopic (exact) mass is 318 g/mol. The topological polar surface area (TPSA) is 58.6 Å². The smallest absolute Gasteiger partial charge is 0.253 e. The predicted molar refractivity (Wildman–Crippen MR) is 90.6 cm³/mol. The molecule has 0 aliphatic carbocycles. The standard InChI is InChI=1S/C18H26N2O3/c1-2-3-6-12-23-14-17(21)19-16-9-7-8-15(13-16)18(22)20-10-4-5-11-20/h7-9,13H,2-6,10-12,14H2,1H3,(H,19,21). The number of nitrogens with zero attached hydrogens (tertiary/aromatic N) is 1.